The van der Waals surface area contributed by atoms with Crippen molar-refractivity contribution < 1.29 is 9.84 Å². The molecule has 2 atom stereocenters. The van der Waals surface area contributed by atoms with Crippen molar-refractivity contribution in [2.75, 3.05) is 13.7 Å². The number of aliphatic hydroxyl groups excluding tert-OH is 1. The second-order valence-electron chi connectivity index (χ2n) is 4.41. The van der Waals surface area contributed by atoms with Gasteiger partial charge in [0.05, 0.1) is 12.7 Å². The quantitative estimate of drug-likeness (QED) is 0.805. The number of hydrogen-bond donors (Lipinski definition) is 1. The number of ether oxygens (including phenoxy) is 1. The van der Waals surface area contributed by atoms with E-state index < -0.39 is 0 Å². The van der Waals surface area contributed by atoms with Crippen molar-refractivity contribution in [3.63, 3.8) is 0 Å². The van der Waals surface area contributed by atoms with Crippen LogP contribution in [-0.2, 0) is 10.2 Å². The van der Waals surface area contributed by atoms with Gasteiger partial charge in [-0.1, -0.05) is 37.3 Å². The van der Waals surface area contributed by atoms with Gasteiger partial charge < -0.3 is 9.84 Å². The van der Waals surface area contributed by atoms with Crippen molar-refractivity contribution in [2.24, 2.45) is 0 Å². The summed E-state index contributed by atoms with van der Waals surface area (Å²) in [5.41, 5.74) is 1.11. The topological polar surface area (TPSA) is 29.5 Å². The van der Waals surface area contributed by atoms with Crippen molar-refractivity contribution in [2.45, 2.75) is 31.8 Å². The summed E-state index contributed by atoms with van der Waals surface area (Å²) in [7, 11) is 1.70. The Morgan fingerprint density at radius 3 is 2.40 bits per heavy atom. The predicted molar refractivity (Wildman–Crippen MR) is 62.0 cm³/mol. The summed E-state index contributed by atoms with van der Waals surface area (Å²) in [6, 6.07) is 10.2. The maximum Gasteiger partial charge on any atom is 0.0557 e. The second-order valence-corrected chi connectivity index (χ2v) is 4.41. The van der Waals surface area contributed by atoms with E-state index in [9.17, 15) is 5.11 Å². The Morgan fingerprint density at radius 2 is 1.93 bits per heavy atom. The molecule has 0 aromatic heterocycles. The lowest BCUT2D eigenvalue weighted by molar-refractivity contribution is 0.0891. The van der Waals surface area contributed by atoms with E-state index in [1.807, 2.05) is 25.1 Å². The summed E-state index contributed by atoms with van der Waals surface area (Å²) in [4.78, 5) is 0. The number of hydrogen-bond acceptors (Lipinski definition) is 2. The molecular formula is C13H20O2. The van der Waals surface area contributed by atoms with E-state index in [2.05, 4.69) is 19.1 Å². The Kier molecular flexibility index (Phi) is 4.30. The van der Waals surface area contributed by atoms with Crippen LogP contribution in [0.15, 0.2) is 30.3 Å². The standard InChI is InChI=1S/C13H20O2/c1-11(14)9-13(2,10-15-3)12-7-5-4-6-8-12/h4-8,11,14H,9-10H2,1-3H3. The normalized spacial score (nSPS) is 17.1. The Bertz CT molecular complexity index is 282. The first-order valence-electron chi connectivity index (χ1n) is 5.31. The van der Waals surface area contributed by atoms with Crippen LogP contribution in [0.4, 0.5) is 0 Å². The summed E-state index contributed by atoms with van der Waals surface area (Å²) < 4.78 is 5.25. The van der Waals surface area contributed by atoms with Gasteiger partial charge >= 0.3 is 0 Å². The van der Waals surface area contributed by atoms with E-state index in [0.29, 0.717) is 13.0 Å². The fourth-order valence-electron chi connectivity index (χ4n) is 2.07. The van der Waals surface area contributed by atoms with Gasteiger partial charge in [0.25, 0.3) is 0 Å². The van der Waals surface area contributed by atoms with Gasteiger partial charge in [-0.25, -0.2) is 0 Å². The van der Waals surface area contributed by atoms with Gasteiger partial charge in [0.2, 0.25) is 0 Å². The molecule has 2 unspecified atom stereocenters. The molecule has 84 valence electrons. The van der Waals surface area contributed by atoms with Crippen LogP contribution in [0.3, 0.4) is 0 Å². The first-order chi connectivity index (χ1) is 7.08. The van der Waals surface area contributed by atoms with Gasteiger partial charge in [0.15, 0.2) is 0 Å². The Morgan fingerprint density at radius 1 is 1.33 bits per heavy atom. The number of benzene rings is 1. The van der Waals surface area contributed by atoms with Gasteiger partial charge in [-0.15, -0.1) is 0 Å². The zero-order valence-corrected chi connectivity index (χ0v) is 9.73. The number of rotatable bonds is 5. The van der Waals surface area contributed by atoms with Gasteiger partial charge in [-0.3, -0.25) is 0 Å². The third kappa shape index (κ3) is 3.33. The molecule has 0 heterocycles. The first-order valence-corrected chi connectivity index (χ1v) is 5.31. The molecule has 0 bridgehead atoms. The Hall–Kier alpha value is -0.860. The van der Waals surface area contributed by atoms with Crippen molar-refractivity contribution in [1.82, 2.24) is 0 Å². The number of aliphatic hydroxyl groups is 1. The van der Waals surface area contributed by atoms with E-state index in [1.54, 1.807) is 7.11 Å². The van der Waals surface area contributed by atoms with Gasteiger partial charge in [-0.2, -0.15) is 0 Å². The van der Waals surface area contributed by atoms with Crippen LogP contribution in [-0.4, -0.2) is 24.9 Å². The molecule has 2 heteroatoms. The highest BCUT2D eigenvalue weighted by molar-refractivity contribution is 5.24. The summed E-state index contributed by atoms with van der Waals surface area (Å²) in [6.07, 6.45) is 0.399. The van der Waals surface area contributed by atoms with Gasteiger partial charge in [-0.05, 0) is 18.9 Å². The molecule has 0 saturated carbocycles. The van der Waals surface area contributed by atoms with Crippen LogP contribution in [0, 0.1) is 0 Å². The average Bonchev–Trinajstić information content (AvgIpc) is 2.18. The van der Waals surface area contributed by atoms with Crippen LogP contribution >= 0.6 is 0 Å². The fraction of sp³-hybridized carbons (Fsp3) is 0.538. The lowest BCUT2D eigenvalue weighted by atomic mass is 9.79. The SMILES string of the molecule is COCC(C)(CC(C)O)c1ccccc1. The minimum atomic E-state index is -0.314. The van der Waals surface area contributed by atoms with Crippen LogP contribution < -0.4 is 0 Å². The number of methoxy groups -OCH3 is 1. The molecule has 15 heavy (non-hydrogen) atoms. The molecular weight excluding hydrogens is 188 g/mol. The molecule has 0 aliphatic carbocycles. The lowest BCUT2D eigenvalue weighted by Gasteiger charge is -2.30. The summed E-state index contributed by atoms with van der Waals surface area (Å²) in [6.45, 7) is 4.57. The molecule has 1 rings (SSSR count). The molecule has 0 aliphatic rings. The molecule has 0 spiro atoms. The summed E-state index contributed by atoms with van der Waals surface area (Å²) in [5.74, 6) is 0. The second kappa shape index (κ2) is 5.29. The van der Waals surface area contributed by atoms with E-state index in [4.69, 9.17) is 4.74 Å². The smallest absolute Gasteiger partial charge is 0.0557 e. The van der Waals surface area contributed by atoms with Crippen LogP contribution in [0.25, 0.3) is 0 Å². The molecule has 0 radical (unpaired) electrons. The molecule has 0 saturated heterocycles. The highest BCUT2D eigenvalue weighted by Gasteiger charge is 2.28. The van der Waals surface area contributed by atoms with Crippen molar-refractivity contribution in [1.29, 1.82) is 0 Å². The monoisotopic (exact) mass is 208 g/mol. The summed E-state index contributed by atoms with van der Waals surface area (Å²) >= 11 is 0. The van der Waals surface area contributed by atoms with E-state index >= 15 is 0 Å². The average molecular weight is 208 g/mol. The molecule has 1 N–H and O–H groups in total. The predicted octanol–water partition coefficient (Wildman–Crippen LogP) is 2.36. The summed E-state index contributed by atoms with van der Waals surface area (Å²) in [5, 5.41) is 9.52. The molecule has 1 aromatic carbocycles. The van der Waals surface area contributed by atoms with Crippen LogP contribution in [0.1, 0.15) is 25.8 Å². The molecule has 0 amide bonds. The van der Waals surface area contributed by atoms with E-state index in [0.717, 1.165) is 0 Å². The van der Waals surface area contributed by atoms with E-state index in [-0.39, 0.29) is 11.5 Å². The highest BCUT2D eigenvalue weighted by atomic mass is 16.5. The lowest BCUT2D eigenvalue weighted by Crippen LogP contribution is -2.31. The molecule has 0 aliphatic heterocycles. The zero-order valence-electron chi connectivity index (χ0n) is 9.73. The van der Waals surface area contributed by atoms with Crippen molar-refractivity contribution in [3.8, 4) is 0 Å². The van der Waals surface area contributed by atoms with Gasteiger partial charge in [0, 0.05) is 12.5 Å². The minimum Gasteiger partial charge on any atom is -0.393 e. The zero-order chi connectivity index (χ0) is 11.3. The third-order valence-corrected chi connectivity index (χ3v) is 2.68. The fourth-order valence-corrected chi connectivity index (χ4v) is 2.07. The largest absolute Gasteiger partial charge is 0.393 e. The molecule has 1 aromatic rings. The minimum absolute atomic E-state index is 0.107. The van der Waals surface area contributed by atoms with Crippen molar-refractivity contribution >= 4 is 0 Å². The van der Waals surface area contributed by atoms with Gasteiger partial charge in [0.1, 0.15) is 0 Å². The Balaban J connectivity index is 2.90. The highest BCUT2D eigenvalue weighted by Crippen LogP contribution is 2.29. The molecule has 0 fully saturated rings. The Labute approximate surface area is 91.9 Å². The molecule has 2 nitrogen and oxygen atoms in total. The maximum atomic E-state index is 9.52. The van der Waals surface area contributed by atoms with Crippen molar-refractivity contribution in [3.05, 3.63) is 35.9 Å². The van der Waals surface area contributed by atoms with E-state index in [1.165, 1.54) is 5.56 Å². The maximum absolute atomic E-state index is 9.52. The van der Waals surface area contributed by atoms with Crippen LogP contribution in [0.2, 0.25) is 0 Å². The van der Waals surface area contributed by atoms with Crippen LogP contribution in [0.5, 0.6) is 0 Å². The first kappa shape index (κ1) is 12.2. The third-order valence-electron chi connectivity index (χ3n) is 2.68.